The number of carbonyl (C=O) groups is 1. The lowest BCUT2D eigenvalue weighted by molar-refractivity contribution is -0.125. The lowest BCUT2D eigenvalue weighted by Crippen LogP contribution is -2.60. The van der Waals surface area contributed by atoms with Crippen LogP contribution in [0.15, 0.2) is 0 Å². The second-order valence-electron chi connectivity index (χ2n) is 6.24. The summed E-state index contributed by atoms with van der Waals surface area (Å²) in [5, 5.41) is 3.14. The van der Waals surface area contributed by atoms with Crippen molar-refractivity contribution in [3.8, 4) is 0 Å². The topological polar surface area (TPSA) is 67.6 Å². The Balaban J connectivity index is 0.00000220. The van der Waals surface area contributed by atoms with E-state index in [1.165, 1.54) is 32.1 Å². The zero-order valence-corrected chi connectivity index (χ0v) is 13.9. The summed E-state index contributed by atoms with van der Waals surface area (Å²) in [6.45, 7) is 6.67. The molecule has 5 nitrogen and oxygen atoms in total. The molecule has 1 saturated carbocycles. The number of hydrogen-bond donors (Lipinski definition) is 2. The van der Waals surface area contributed by atoms with Crippen LogP contribution >= 0.6 is 12.4 Å². The van der Waals surface area contributed by atoms with E-state index < -0.39 is 0 Å². The number of halogens is 1. The van der Waals surface area contributed by atoms with E-state index in [2.05, 4.69) is 10.2 Å². The number of morpholine rings is 1. The molecule has 1 aliphatic carbocycles. The van der Waals surface area contributed by atoms with Crippen molar-refractivity contribution in [2.75, 3.05) is 39.4 Å². The van der Waals surface area contributed by atoms with Crippen molar-refractivity contribution in [2.45, 2.75) is 44.6 Å². The van der Waals surface area contributed by atoms with Gasteiger partial charge in [0.05, 0.1) is 13.2 Å². The summed E-state index contributed by atoms with van der Waals surface area (Å²) in [6, 6.07) is 0. The number of nitrogens with one attached hydrogen (secondary N) is 1. The normalized spacial score (nSPS) is 23.9. The molecule has 2 fully saturated rings. The average Bonchev–Trinajstić information content (AvgIpc) is 2.53. The van der Waals surface area contributed by atoms with Crippen molar-refractivity contribution >= 4 is 18.3 Å². The molecule has 2 rings (SSSR count). The van der Waals surface area contributed by atoms with Crippen LogP contribution in [0.5, 0.6) is 0 Å². The van der Waals surface area contributed by atoms with Gasteiger partial charge in [-0.05, 0) is 12.8 Å². The molecule has 0 bridgehead atoms. The molecule has 21 heavy (non-hydrogen) atoms. The third-order valence-electron chi connectivity index (χ3n) is 4.86. The van der Waals surface area contributed by atoms with Gasteiger partial charge in [-0.3, -0.25) is 9.69 Å². The minimum Gasteiger partial charge on any atom is -0.379 e. The monoisotopic (exact) mass is 319 g/mol. The molecule has 3 N–H and O–H groups in total. The number of ether oxygens (including phenoxy) is 1. The maximum atomic E-state index is 12.0. The summed E-state index contributed by atoms with van der Waals surface area (Å²) in [6.07, 6.45) is 6.22. The molecule has 1 saturated heterocycles. The molecule has 1 aliphatic heterocycles. The largest absolute Gasteiger partial charge is 0.379 e. The highest BCUT2D eigenvalue weighted by Crippen LogP contribution is 2.33. The minimum atomic E-state index is -0.0969. The summed E-state index contributed by atoms with van der Waals surface area (Å²) in [5.41, 5.74) is 5.71. The van der Waals surface area contributed by atoms with Crippen molar-refractivity contribution in [3.63, 3.8) is 0 Å². The van der Waals surface area contributed by atoms with E-state index in [-0.39, 0.29) is 29.8 Å². The van der Waals surface area contributed by atoms with Gasteiger partial charge in [-0.2, -0.15) is 0 Å². The Kier molecular flexibility index (Phi) is 7.95. The maximum Gasteiger partial charge on any atom is 0.224 e. The van der Waals surface area contributed by atoms with E-state index in [1.807, 2.05) is 6.92 Å². The fourth-order valence-electron chi connectivity index (χ4n) is 3.39. The number of nitrogens with two attached hydrogens (primary N) is 1. The molecule has 0 spiro atoms. The van der Waals surface area contributed by atoms with Crippen LogP contribution in [0.1, 0.15) is 39.0 Å². The number of carbonyl (C=O) groups excluding carboxylic acids is 1. The van der Waals surface area contributed by atoms with Gasteiger partial charge in [-0.1, -0.05) is 26.2 Å². The van der Waals surface area contributed by atoms with Crippen LogP contribution in [0.25, 0.3) is 0 Å². The third-order valence-corrected chi connectivity index (χ3v) is 4.86. The Morgan fingerprint density at radius 1 is 1.29 bits per heavy atom. The van der Waals surface area contributed by atoms with Crippen LogP contribution < -0.4 is 11.1 Å². The van der Waals surface area contributed by atoms with Crippen LogP contribution in [0.2, 0.25) is 0 Å². The molecule has 1 heterocycles. The summed E-state index contributed by atoms with van der Waals surface area (Å²) in [7, 11) is 0. The predicted molar refractivity (Wildman–Crippen MR) is 86.7 cm³/mol. The molecule has 1 atom stereocenters. The molecular formula is C15H30ClN3O2. The van der Waals surface area contributed by atoms with E-state index in [9.17, 15) is 4.79 Å². The van der Waals surface area contributed by atoms with Gasteiger partial charge in [0.15, 0.2) is 0 Å². The highest BCUT2D eigenvalue weighted by atomic mass is 35.5. The minimum absolute atomic E-state index is 0. The summed E-state index contributed by atoms with van der Waals surface area (Å²) in [4.78, 5) is 14.6. The van der Waals surface area contributed by atoms with Gasteiger partial charge in [0.2, 0.25) is 5.91 Å². The molecule has 6 heteroatoms. The standard InChI is InChI=1S/C15H29N3O2.ClH/c1-13(11-16)14(19)17-12-15(5-3-2-4-6-15)18-7-9-20-10-8-18;/h13H,2-12,16H2,1H3,(H,17,19);1H. The second-order valence-corrected chi connectivity index (χ2v) is 6.24. The summed E-state index contributed by atoms with van der Waals surface area (Å²) >= 11 is 0. The van der Waals surface area contributed by atoms with Gasteiger partial charge in [0.25, 0.3) is 0 Å². The van der Waals surface area contributed by atoms with Gasteiger partial charge in [-0.15, -0.1) is 12.4 Å². The fraction of sp³-hybridized carbons (Fsp3) is 0.933. The summed E-state index contributed by atoms with van der Waals surface area (Å²) in [5.74, 6) is -0.00830. The Hall–Kier alpha value is -0.360. The van der Waals surface area contributed by atoms with Gasteiger partial charge < -0.3 is 15.8 Å². The number of nitrogens with zero attached hydrogens (tertiary/aromatic N) is 1. The Bertz CT molecular complexity index is 316. The zero-order chi connectivity index (χ0) is 14.4. The van der Waals surface area contributed by atoms with Crippen LogP contribution in [0.3, 0.4) is 0 Å². The van der Waals surface area contributed by atoms with E-state index in [0.29, 0.717) is 6.54 Å². The van der Waals surface area contributed by atoms with Crippen LogP contribution in [0, 0.1) is 5.92 Å². The first-order chi connectivity index (χ1) is 9.68. The molecule has 1 unspecified atom stereocenters. The van der Waals surface area contributed by atoms with Crippen LogP contribution in [-0.4, -0.2) is 55.7 Å². The first-order valence-corrected chi connectivity index (χ1v) is 7.98. The summed E-state index contributed by atoms with van der Waals surface area (Å²) < 4.78 is 5.47. The van der Waals surface area contributed by atoms with E-state index >= 15 is 0 Å². The zero-order valence-electron chi connectivity index (χ0n) is 13.1. The Labute approximate surface area is 134 Å². The number of amides is 1. The second kappa shape index (κ2) is 8.93. The van der Waals surface area contributed by atoms with Gasteiger partial charge in [-0.25, -0.2) is 0 Å². The predicted octanol–water partition coefficient (Wildman–Crippen LogP) is 1.15. The highest BCUT2D eigenvalue weighted by molar-refractivity contribution is 5.85. The molecular weight excluding hydrogens is 290 g/mol. The lowest BCUT2D eigenvalue weighted by Gasteiger charge is -2.48. The van der Waals surface area contributed by atoms with Crippen molar-refractivity contribution in [2.24, 2.45) is 11.7 Å². The van der Waals surface area contributed by atoms with Gasteiger partial charge in [0.1, 0.15) is 0 Å². The Morgan fingerprint density at radius 3 is 2.48 bits per heavy atom. The first-order valence-electron chi connectivity index (χ1n) is 7.98. The molecule has 0 radical (unpaired) electrons. The lowest BCUT2D eigenvalue weighted by atomic mass is 9.79. The number of rotatable bonds is 5. The quantitative estimate of drug-likeness (QED) is 0.798. The van der Waals surface area contributed by atoms with E-state index in [0.717, 1.165) is 32.8 Å². The Morgan fingerprint density at radius 2 is 1.90 bits per heavy atom. The van der Waals surface area contributed by atoms with Crippen LogP contribution in [-0.2, 0) is 9.53 Å². The van der Waals surface area contributed by atoms with Crippen molar-refractivity contribution in [1.82, 2.24) is 10.2 Å². The van der Waals surface area contributed by atoms with Gasteiger partial charge >= 0.3 is 0 Å². The molecule has 124 valence electrons. The van der Waals surface area contributed by atoms with Crippen molar-refractivity contribution in [1.29, 1.82) is 0 Å². The van der Waals surface area contributed by atoms with Gasteiger partial charge in [0, 0.05) is 37.6 Å². The highest BCUT2D eigenvalue weighted by Gasteiger charge is 2.38. The molecule has 0 aromatic heterocycles. The SMILES string of the molecule is CC(CN)C(=O)NCC1(N2CCOCC2)CCCCC1.Cl. The van der Waals surface area contributed by atoms with E-state index in [1.54, 1.807) is 0 Å². The van der Waals surface area contributed by atoms with Crippen molar-refractivity contribution in [3.05, 3.63) is 0 Å². The van der Waals surface area contributed by atoms with E-state index in [4.69, 9.17) is 10.5 Å². The molecule has 1 amide bonds. The molecule has 0 aromatic rings. The smallest absolute Gasteiger partial charge is 0.224 e. The van der Waals surface area contributed by atoms with Crippen molar-refractivity contribution < 1.29 is 9.53 Å². The molecule has 2 aliphatic rings. The molecule has 0 aromatic carbocycles. The van der Waals surface area contributed by atoms with Crippen LogP contribution in [0.4, 0.5) is 0 Å². The average molecular weight is 320 g/mol. The first kappa shape index (κ1) is 18.7. The maximum absolute atomic E-state index is 12.0. The third kappa shape index (κ3) is 4.81. The fourth-order valence-corrected chi connectivity index (χ4v) is 3.39. The number of hydrogen-bond acceptors (Lipinski definition) is 4.